The van der Waals surface area contributed by atoms with Gasteiger partial charge in [0.1, 0.15) is 12.4 Å². The Morgan fingerprint density at radius 2 is 2.00 bits per heavy atom. The monoisotopic (exact) mass is 380 g/mol. The number of nitrogens with two attached hydrogens (primary N) is 1. The van der Waals surface area contributed by atoms with Crippen LogP contribution in [0.15, 0.2) is 29.4 Å². The highest BCUT2D eigenvalue weighted by Gasteiger charge is 2.29. The predicted molar refractivity (Wildman–Crippen MR) is 85.9 cm³/mol. The summed E-state index contributed by atoms with van der Waals surface area (Å²) in [7, 11) is 0. The molecule has 1 rings (SSSR count). The molecule has 0 saturated carbocycles. The van der Waals surface area contributed by atoms with Gasteiger partial charge in [-0.05, 0) is 19.1 Å². The second kappa shape index (κ2) is 9.11. The van der Waals surface area contributed by atoms with Crippen molar-refractivity contribution >= 4 is 34.9 Å². The minimum Gasteiger partial charge on any atom is -0.384 e. The maximum absolute atomic E-state index is 12.0. The van der Waals surface area contributed by atoms with Gasteiger partial charge in [0.05, 0.1) is 17.1 Å². The summed E-state index contributed by atoms with van der Waals surface area (Å²) in [6.45, 7) is -0.300. The van der Waals surface area contributed by atoms with E-state index in [-0.39, 0.29) is 12.3 Å². The number of amides is 2. The summed E-state index contributed by atoms with van der Waals surface area (Å²) in [6, 6.07) is 6.52. The van der Waals surface area contributed by atoms with Crippen LogP contribution in [0.4, 0.5) is 18.9 Å². The van der Waals surface area contributed by atoms with Crippen LogP contribution in [-0.2, 0) is 14.4 Å². The number of hydrogen-bond donors (Lipinski definition) is 3. The lowest BCUT2D eigenvalue weighted by Crippen LogP contribution is -2.39. The van der Waals surface area contributed by atoms with E-state index in [0.717, 1.165) is 0 Å². The topological polar surface area (TPSA) is 106 Å². The highest BCUT2D eigenvalue weighted by molar-refractivity contribution is 6.33. The molecule has 0 aliphatic rings. The minimum atomic E-state index is -4.53. The minimum absolute atomic E-state index is 0.264. The SMILES string of the molecule is CC(O/N=C(/N)CC(=O)Nc1ccccc1Cl)C(=O)NCC(F)(F)F. The van der Waals surface area contributed by atoms with Gasteiger partial charge < -0.3 is 21.2 Å². The standard InChI is InChI=1S/C14H16ClF3N4O3/c1-8(13(24)20-7-14(16,17)18)25-22-11(19)6-12(23)21-10-5-3-2-4-9(10)15/h2-5,8H,6-7H2,1H3,(H2,19,22)(H,20,24)(H,21,23). The molecule has 4 N–H and O–H groups in total. The van der Waals surface area contributed by atoms with E-state index in [2.05, 4.69) is 15.3 Å². The van der Waals surface area contributed by atoms with E-state index < -0.39 is 30.6 Å². The molecule has 0 aromatic heterocycles. The number of carbonyl (C=O) groups is 2. The number of hydrogen-bond acceptors (Lipinski definition) is 4. The van der Waals surface area contributed by atoms with Crippen molar-refractivity contribution in [1.82, 2.24) is 5.32 Å². The Morgan fingerprint density at radius 3 is 2.60 bits per heavy atom. The molecule has 0 spiro atoms. The number of oxime groups is 1. The number of carbonyl (C=O) groups excluding carboxylic acids is 2. The van der Waals surface area contributed by atoms with Crippen molar-refractivity contribution in [3.05, 3.63) is 29.3 Å². The van der Waals surface area contributed by atoms with E-state index in [0.29, 0.717) is 10.7 Å². The fourth-order valence-electron chi connectivity index (χ4n) is 1.48. The predicted octanol–water partition coefficient (Wildman–Crippen LogP) is 2.02. The van der Waals surface area contributed by atoms with Crippen LogP contribution in [0.3, 0.4) is 0 Å². The molecule has 0 heterocycles. The van der Waals surface area contributed by atoms with Crippen LogP contribution in [0.1, 0.15) is 13.3 Å². The van der Waals surface area contributed by atoms with Gasteiger partial charge >= 0.3 is 6.18 Å². The summed E-state index contributed by atoms with van der Waals surface area (Å²) in [5.74, 6) is -1.82. The third kappa shape index (κ3) is 8.25. The highest BCUT2D eigenvalue weighted by atomic mass is 35.5. The summed E-state index contributed by atoms with van der Waals surface area (Å²) in [5, 5.41) is 7.81. The average molecular weight is 381 g/mol. The number of amidine groups is 1. The molecule has 11 heteroatoms. The Labute approximate surface area is 146 Å². The zero-order valence-corrected chi connectivity index (χ0v) is 13.8. The van der Waals surface area contributed by atoms with Gasteiger partial charge in [-0.15, -0.1) is 0 Å². The molecule has 1 unspecified atom stereocenters. The van der Waals surface area contributed by atoms with Gasteiger partial charge in [0, 0.05) is 0 Å². The molecule has 2 amide bonds. The lowest BCUT2D eigenvalue weighted by Gasteiger charge is -2.12. The van der Waals surface area contributed by atoms with E-state index >= 15 is 0 Å². The molecular formula is C14H16ClF3N4O3. The molecular weight excluding hydrogens is 365 g/mol. The smallest absolute Gasteiger partial charge is 0.384 e. The normalized spacial score (nSPS) is 13.1. The maximum Gasteiger partial charge on any atom is 0.405 e. The van der Waals surface area contributed by atoms with E-state index in [1.54, 1.807) is 29.6 Å². The van der Waals surface area contributed by atoms with Gasteiger partial charge in [0.15, 0.2) is 0 Å². The second-order valence-corrected chi connectivity index (χ2v) is 5.28. The quantitative estimate of drug-likeness (QED) is 0.382. The molecule has 1 aromatic carbocycles. The van der Waals surface area contributed by atoms with Gasteiger partial charge in [-0.3, -0.25) is 9.59 Å². The van der Waals surface area contributed by atoms with Crippen molar-refractivity contribution < 1.29 is 27.6 Å². The van der Waals surface area contributed by atoms with Crippen molar-refractivity contribution in [3.63, 3.8) is 0 Å². The summed E-state index contributed by atoms with van der Waals surface area (Å²) in [5.41, 5.74) is 5.86. The molecule has 0 radical (unpaired) electrons. The Bertz CT molecular complexity index is 652. The zero-order valence-electron chi connectivity index (χ0n) is 13.1. The Balaban J connectivity index is 2.45. The number of rotatable bonds is 7. The maximum atomic E-state index is 12.0. The Hall–Kier alpha value is -2.49. The molecule has 25 heavy (non-hydrogen) atoms. The first-order chi connectivity index (χ1) is 11.6. The van der Waals surface area contributed by atoms with Crippen LogP contribution < -0.4 is 16.4 Å². The highest BCUT2D eigenvalue weighted by Crippen LogP contribution is 2.20. The molecule has 7 nitrogen and oxygen atoms in total. The van der Waals surface area contributed by atoms with Crippen molar-refractivity contribution in [3.8, 4) is 0 Å². The molecule has 0 bridgehead atoms. The van der Waals surface area contributed by atoms with Crippen LogP contribution in [0.2, 0.25) is 5.02 Å². The van der Waals surface area contributed by atoms with Gasteiger partial charge in [-0.1, -0.05) is 28.9 Å². The van der Waals surface area contributed by atoms with Crippen LogP contribution in [-0.4, -0.2) is 36.5 Å². The Kier molecular flexibility index (Phi) is 7.49. The lowest BCUT2D eigenvalue weighted by molar-refractivity contribution is -0.145. The summed E-state index contributed by atoms with van der Waals surface area (Å²) >= 11 is 5.88. The first-order valence-corrected chi connectivity index (χ1v) is 7.33. The van der Waals surface area contributed by atoms with Crippen LogP contribution in [0, 0.1) is 0 Å². The third-order valence-electron chi connectivity index (χ3n) is 2.65. The molecule has 0 aliphatic carbocycles. The van der Waals surface area contributed by atoms with Crippen LogP contribution >= 0.6 is 11.6 Å². The zero-order chi connectivity index (χ0) is 19.0. The number of nitrogens with zero attached hydrogens (tertiary/aromatic N) is 1. The van der Waals surface area contributed by atoms with Gasteiger partial charge in [-0.2, -0.15) is 13.2 Å². The largest absolute Gasteiger partial charge is 0.405 e. The molecule has 0 aliphatic heterocycles. The number of halogens is 4. The van der Waals surface area contributed by atoms with E-state index in [1.165, 1.54) is 6.92 Å². The van der Waals surface area contributed by atoms with Crippen molar-refractivity contribution in [2.75, 3.05) is 11.9 Å². The molecule has 138 valence electrons. The van der Waals surface area contributed by atoms with Crippen molar-refractivity contribution in [1.29, 1.82) is 0 Å². The van der Waals surface area contributed by atoms with E-state index in [9.17, 15) is 22.8 Å². The average Bonchev–Trinajstić information content (AvgIpc) is 2.51. The fraction of sp³-hybridized carbons (Fsp3) is 0.357. The van der Waals surface area contributed by atoms with Gasteiger partial charge in [0.2, 0.25) is 12.0 Å². The number of benzene rings is 1. The number of para-hydroxylation sites is 1. The number of alkyl halides is 3. The van der Waals surface area contributed by atoms with Gasteiger partial charge in [-0.25, -0.2) is 0 Å². The molecule has 0 saturated heterocycles. The third-order valence-corrected chi connectivity index (χ3v) is 2.98. The van der Waals surface area contributed by atoms with E-state index in [4.69, 9.17) is 17.3 Å². The molecule has 0 fully saturated rings. The fourth-order valence-corrected chi connectivity index (χ4v) is 1.66. The summed E-state index contributed by atoms with van der Waals surface area (Å²) < 4.78 is 36.0. The van der Waals surface area contributed by atoms with E-state index in [1.807, 2.05) is 0 Å². The van der Waals surface area contributed by atoms with Gasteiger partial charge in [0.25, 0.3) is 5.91 Å². The number of nitrogens with one attached hydrogen (secondary N) is 2. The first-order valence-electron chi connectivity index (χ1n) is 6.95. The summed E-state index contributed by atoms with van der Waals surface area (Å²) in [6.07, 6.45) is -6.20. The van der Waals surface area contributed by atoms with Crippen LogP contribution in [0.5, 0.6) is 0 Å². The second-order valence-electron chi connectivity index (χ2n) is 4.87. The molecule has 1 aromatic rings. The number of anilines is 1. The lowest BCUT2D eigenvalue weighted by atomic mass is 10.3. The molecule has 1 atom stereocenters. The van der Waals surface area contributed by atoms with Crippen molar-refractivity contribution in [2.45, 2.75) is 25.6 Å². The van der Waals surface area contributed by atoms with Crippen LogP contribution in [0.25, 0.3) is 0 Å². The Morgan fingerprint density at radius 1 is 1.36 bits per heavy atom. The summed E-state index contributed by atoms with van der Waals surface area (Å²) in [4.78, 5) is 27.8. The van der Waals surface area contributed by atoms with Crippen molar-refractivity contribution in [2.24, 2.45) is 10.9 Å². The first kappa shape index (κ1) is 20.6.